The first kappa shape index (κ1) is 35.7. The summed E-state index contributed by atoms with van der Waals surface area (Å²) in [5, 5.41) is 12.0. The SMILES string of the molecule is C=CCOC1C[C@H](n2cc(C#CCOCSSC(C)(C)CNC(=O)C(F)(F)F)c3c(=O)[nH]c(/N=C\C(C)C)nc32)O[C@@H]1CO. The van der Waals surface area contributed by atoms with Gasteiger partial charge in [-0.25, -0.2) is 4.99 Å². The number of ether oxygens (including phenoxy) is 3. The molecule has 16 heteroatoms. The van der Waals surface area contributed by atoms with Crippen molar-refractivity contribution in [3.05, 3.63) is 34.8 Å². The molecule has 3 N–H and O–H groups in total. The van der Waals surface area contributed by atoms with Crippen molar-refractivity contribution in [2.75, 3.05) is 32.3 Å². The summed E-state index contributed by atoms with van der Waals surface area (Å²) >= 11 is 0. The van der Waals surface area contributed by atoms with E-state index in [0.29, 0.717) is 17.6 Å². The third-order valence-corrected chi connectivity index (χ3v) is 8.98. The Labute approximate surface area is 260 Å². The van der Waals surface area contributed by atoms with Gasteiger partial charge in [-0.3, -0.25) is 14.6 Å². The van der Waals surface area contributed by atoms with Crippen LogP contribution in [0, 0.1) is 17.8 Å². The minimum absolute atomic E-state index is 0.0115. The average molecular weight is 660 g/mol. The van der Waals surface area contributed by atoms with Crippen LogP contribution in [-0.2, 0) is 19.0 Å². The first-order valence-corrected chi connectivity index (χ1v) is 16.0. The number of nitrogens with zero attached hydrogens (tertiary/aromatic N) is 3. The fourth-order valence-corrected chi connectivity index (χ4v) is 6.14. The number of rotatable bonds is 14. The maximum Gasteiger partial charge on any atom is 0.471 e. The second kappa shape index (κ2) is 16.0. The predicted molar refractivity (Wildman–Crippen MR) is 165 cm³/mol. The number of carbonyl (C=O) groups excluding carboxylic acids is 1. The Kier molecular flexibility index (Phi) is 12.9. The molecule has 44 heavy (non-hydrogen) atoms. The molecular formula is C28H36F3N5O6S2. The average Bonchev–Trinajstić information content (AvgIpc) is 3.53. The maximum atomic E-state index is 13.1. The third kappa shape index (κ3) is 10.1. The van der Waals surface area contributed by atoms with Crippen molar-refractivity contribution in [2.45, 2.75) is 63.5 Å². The van der Waals surface area contributed by atoms with Crippen LogP contribution in [0.2, 0.25) is 0 Å². The molecule has 3 rings (SSSR count). The smallest absolute Gasteiger partial charge is 0.394 e. The fraction of sp³-hybridized carbons (Fsp3) is 0.571. The Bertz CT molecular complexity index is 1450. The van der Waals surface area contributed by atoms with E-state index in [4.69, 9.17) is 14.2 Å². The van der Waals surface area contributed by atoms with Crippen LogP contribution in [0.15, 0.2) is 28.6 Å². The Hall–Kier alpha value is -2.81. The van der Waals surface area contributed by atoms with Gasteiger partial charge in [0, 0.05) is 30.1 Å². The molecule has 3 heterocycles. The summed E-state index contributed by atoms with van der Waals surface area (Å²) in [6, 6.07) is 0. The molecule has 1 fully saturated rings. The minimum atomic E-state index is -4.93. The molecule has 11 nitrogen and oxygen atoms in total. The van der Waals surface area contributed by atoms with E-state index in [1.165, 1.54) is 21.6 Å². The van der Waals surface area contributed by atoms with Gasteiger partial charge in [-0.2, -0.15) is 18.2 Å². The highest BCUT2D eigenvalue weighted by Gasteiger charge is 2.39. The predicted octanol–water partition coefficient (Wildman–Crippen LogP) is 4.10. The van der Waals surface area contributed by atoms with Crippen LogP contribution in [0.25, 0.3) is 11.0 Å². The summed E-state index contributed by atoms with van der Waals surface area (Å²) in [5.74, 6) is 4.29. The highest BCUT2D eigenvalue weighted by Crippen LogP contribution is 2.36. The van der Waals surface area contributed by atoms with E-state index in [1.807, 2.05) is 19.2 Å². The molecule has 0 saturated carbocycles. The van der Waals surface area contributed by atoms with Crippen LogP contribution in [0.5, 0.6) is 0 Å². The molecular weight excluding hydrogens is 623 g/mol. The number of nitrogens with one attached hydrogen (secondary N) is 2. The normalized spacial score (nSPS) is 19.1. The zero-order valence-corrected chi connectivity index (χ0v) is 26.4. The van der Waals surface area contributed by atoms with Crippen LogP contribution in [-0.4, -0.2) is 87.2 Å². The molecule has 242 valence electrons. The van der Waals surface area contributed by atoms with Gasteiger partial charge in [0.05, 0.1) is 30.3 Å². The molecule has 1 amide bonds. The van der Waals surface area contributed by atoms with Crippen LogP contribution in [0.1, 0.15) is 45.9 Å². The molecule has 1 unspecified atom stereocenters. The molecule has 1 aliphatic rings. The number of hydrogen-bond donors (Lipinski definition) is 3. The number of aliphatic hydroxyl groups excluding tert-OH is 1. The molecule has 1 saturated heterocycles. The van der Waals surface area contributed by atoms with Gasteiger partial charge in [0.25, 0.3) is 5.56 Å². The van der Waals surface area contributed by atoms with Gasteiger partial charge in [-0.15, -0.1) is 6.58 Å². The van der Waals surface area contributed by atoms with E-state index in [2.05, 4.69) is 33.4 Å². The molecule has 2 aromatic heterocycles. The standard InChI is InChI=1S/C28H36F3N5O6S2/c1-6-9-41-19-11-21(42-20(19)14-37)36-13-18(22-23(36)34-26(35-24(22)38)32-12-17(2)3)8-7-10-40-16-43-44-27(4,5)15-33-25(39)28(29,30)31/h6,12-13,17,19-21,37H,1,9-11,14-16H2,2-5H3,(H,33,39)(H,34,35,38)/b32-12-/t19?,20-,21-/m1/s1. The van der Waals surface area contributed by atoms with Crippen LogP contribution < -0.4 is 10.9 Å². The number of amides is 1. The van der Waals surface area contributed by atoms with Crippen molar-refractivity contribution >= 4 is 50.7 Å². The third-order valence-electron chi connectivity index (χ3n) is 6.01. The van der Waals surface area contributed by atoms with Gasteiger partial charge in [0.2, 0.25) is 5.95 Å². The van der Waals surface area contributed by atoms with Crippen LogP contribution >= 0.6 is 21.6 Å². The van der Waals surface area contributed by atoms with Gasteiger partial charge >= 0.3 is 12.1 Å². The van der Waals surface area contributed by atoms with E-state index >= 15 is 0 Å². The Balaban J connectivity index is 1.72. The first-order chi connectivity index (χ1) is 20.8. The lowest BCUT2D eigenvalue weighted by atomic mass is 10.2. The molecule has 0 spiro atoms. The van der Waals surface area contributed by atoms with Crippen molar-refractivity contribution in [3.8, 4) is 11.8 Å². The molecule has 3 atom stereocenters. The van der Waals surface area contributed by atoms with Crippen molar-refractivity contribution < 1.29 is 37.3 Å². The molecule has 2 aromatic rings. The molecule has 1 aliphatic heterocycles. The number of aliphatic hydroxyl groups is 1. The number of fused-ring (bicyclic) bond motifs is 1. The minimum Gasteiger partial charge on any atom is -0.394 e. The van der Waals surface area contributed by atoms with Gasteiger partial charge in [0.1, 0.15) is 24.9 Å². The van der Waals surface area contributed by atoms with Crippen molar-refractivity contribution in [3.63, 3.8) is 0 Å². The topological polar surface area (TPSA) is 140 Å². The number of aliphatic imine (C=N–C) groups is 1. The Morgan fingerprint density at radius 3 is 2.84 bits per heavy atom. The summed E-state index contributed by atoms with van der Waals surface area (Å²) in [4.78, 5) is 35.7. The highest BCUT2D eigenvalue weighted by atomic mass is 33.1. The second-order valence-electron chi connectivity index (χ2n) is 10.7. The van der Waals surface area contributed by atoms with Gasteiger partial charge in [-0.05, 0) is 19.8 Å². The number of carbonyl (C=O) groups is 1. The highest BCUT2D eigenvalue weighted by molar-refractivity contribution is 8.77. The van der Waals surface area contributed by atoms with Gasteiger partial charge in [0.15, 0.2) is 5.65 Å². The van der Waals surface area contributed by atoms with E-state index in [1.54, 1.807) is 36.9 Å². The van der Waals surface area contributed by atoms with Gasteiger partial charge in [-0.1, -0.05) is 53.4 Å². The molecule has 0 radical (unpaired) electrons. The summed E-state index contributed by atoms with van der Waals surface area (Å²) in [5.41, 5.74) is 0.269. The van der Waals surface area contributed by atoms with Crippen LogP contribution in [0.3, 0.4) is 0 Å². The quantitative estimate of drug-likeness (QED) is 0.0683. The Morgan fingerprint density at radius 2 is 2.18 bits per heavy atom. The number of hydrogen-bond acceptors (Lipinski definition) is 10. The molecule has 0 bridgehead atoms. The van der Waals surface area contributed by atoms with E-state index < -0.39 is 40.8 Å². The fourth-order valence-electron chi connectivity index (χ4n) is 4.01. The van der Waals surface area contributed by atoms with E-state index in [0.717, 1.165) is 0 Å². The lowest BCUT2D eigenvalue weighted by Crippen LogP contribution is -2.42. The van der Waals surface area contributed by atoms with Crippen molar-refractivity contribution in [1.82, 2.24) is 19.9 Å². The van der Waals surface area contributed by atoms with E-state index in [9.17, 15) is 27.9 Å². The summed E-state index contributed by atoms with van der Waals surface area (Å²) in [6.07, 6.45) is -1.17. The van der Waals surface area contributed by atoms with Crippen LogP contribution in [0.4, 0.5) is 19.1 Å². The lowest BCUT2D eigenvalue weighted by molar-refractivity contribution is -0.173. The summed E-state index contributed by atoms with van der Waals surface area (Å²) < 4.78 is 55.6. The summed E-state index contributed by atoms with van der Waals surface area (Å²) in [7, 11) is 2.53. The number of H-pyrrole nitrogens is 1. The zero-order valence-electron chi connectivity index (χ0n) is 24.8. The largest absolute Gasteiger partial charge is 0.471 e. The van der Waals surface area contributed by atoms with Gasteiger partial charge < -0.3 is 29.2 Å². The number of aromatic nitrogens is 3. The maximum absolute atomic E-state index is 13.1. The molecule has 0 aliphatic carbocycles. The second-order valence-corrected chi connectivity index (χ2v) is 13.6. The van der Waals surface area contributed by atoms with Crippen molar-refractivity contribution in [1.29, 1.82) is 0 Å². The monoisotopic (exact) mass is 659 g/mol. The molecule has 0 aromatic carbocycles. The van der Waals surface area contributed by atoms with E-state index in [-0.39, 0.29) is 49.6 Å². The summed E-state index contributed by atoms with van der Waals surface area (Å²) in [6.45, 7) is 10.8. The van der Waals surface area contributed by atoms with Crippen molar-refractivity contribution in [2.24, 2.45) is 10.9 Å². The Morgan fingerprint density at radius 1 is 1.43 bits per heavy atom. The zero-order chi connectivity index (χ0) is 32.5. The number of aromatic amines is 1. The lowest BCUT2D eigenvalue weighted by Gasteiger charge is -2.23. The number of halogens is 3. The first-order valence-electron chi connectivity index (χ1n) is 13.7. The number of alkyl halides is 3.